The number of hydrogen-bond acceptors (Lipinski definition) is 2. The molecular formula is C58H46N4OSi. The summed E-state index contributed by atoms with van der Waals surface area (Å²) in [5.74, 6) is 2.36. The number of pyridine rings is 1. The minimum atomic E-state index is -2.88. The van der Waals surface area contributed by atoms with Crippen LogP contribution >= 0.6 is 0 Å². The van der Waals surface area contributed by atoms with Crippen LogP contribution in [0.1, 0.15) is 26.3 Å². The van der Waals surface area contributed by atoms with E-state index in [1.807, 2.05) is 12.3 Å². The molecule has 0 saturated carbocycles. The van der Waals surface area contributed by atoms with Gasteiger partial charge in [-0.1, -0.05) is 178 Å². The second kappa shape index (κ2) is 15.8. The van der Waals surface area contributed by atoms with Gasteiger partial charge in [-0.05, 0) is 86.3 Å². The quantitative estimate of drug-likeness (QED) is 0.0628. The Morgan fingerprint density at radius 2 is 1.11 bits per heavy atom. The highest BCUT2D eigenvalue weighted by Crippen LogP contribution is 2.36. The van der Waals surface area contributed by atoms with E-state index in [2.05, 4.69) is 253 Å². The van der Waals surface area contributed by atoms with Crippen molar-refractivity contribution >= 4 is 61.7 Å². The maximum atomic E-state index is 6.77. The summed E-state index contributed by atoms with van der Waals surface area (Å²) >= 11 is 0. The summed E-state index contributed by atoms with van der Waals surface area (Å²) < 4.78 is 13.4. The first-order valence-corrected chi connectivity index (χ1v) is 23.9. The van der Waals surface area contributed by atoms with Crippen LogP contribution in [0.25, 0.3) is 50.0 Å². The first-order valence-electron chi connectivity index (χ1n) is 21.9. The number of para-hydroxylation sites is 4. The second-order valence-electron chi connectivity index (χ2n) is 17.4. The summed E-state index contributed by atoms with van der Waals surface area (Å²) in [4.78, 5) is 4.88. The van der Waals surface area contributed by atoms with Crippen LogP contribution in [0.5, 0.6) is 11.5 Å². The van der Waals surface area contributed by atoms with Crippen molar-refractivity contribution in [2.75, 3.05) is 0 Å². The number of aromatic nitrogens is 4. The summed E-state index contributed by atoms with van der Waals surface area (Å²) in [6.07, 6.45) is 5.77. The first kappa shape index (κ1) is 39.1. The van der Waals surface area contributed by atoms with Crippen LogP contribution in [0.2, 0.25) is 0 Å². The Morgan fingerprint density at radius 1 is 0.516 bits per heavy atom. The second-order valence-corrected chi connectivity index (χ2v) is 21.2. The molecule has 0 aliphatic heterocycles. The van der Waals surface area contributed by atoms with Gasteiger partial charge in [0.2, 0.25) is 0 Å². The third kappa shape index (κ3) is 6.62. The Labute approximate surface area is 374 Å². The third-order valence-electron chi connectivity index (χ3n) is 12.5. The van der Waals surface area contributed by atoms with Gasteiger partial charge in [-0.2, -0.15) is 0 Å². The summed E-state index contributed by atoms with van der Waals surface area (Å²) in [5, 5.41) is 7.58. The van der Waals surface area contributed by atoms with Gasteiger partial charge < -0.3 is 4.74 Å². The third-order valence-corrected chi connectivity index (χ3v) is 17.4. The average Bonchev–Trinajstić information content (AvgIpc) is 3.89. The fourth-order valence-electron chi connectivity index (χ4n) is 9.54. The molecule has 0 aliphatic rings. The highest BCUT2D eigenvalue weighted by molar-refractivity contribution is 7.20. The van der Waals surface area contributed by atoms with Crippen molar-refractivity contribution in [1.29, 1.82) is 0 Å². The molecule has 0 radical (unpaired) electrons. The molecule has 11 rings (SSSR count). The Kier molecular flexibility index (Phi) is 9.67. The Morgan fingerprint density at radius 3 is 1.81 bits per heavy atom. The Bertz CT molecular complexity index is 3360. The molecule has 8 aromatic carbocycles. The lowest BCUT2D eigenvalue weighted by Gasteiger charge is -2.36. The van der Waals surface area contributed by atoms with Crippen molar-refractivity contribution in [3.63, 3.8) is 0 Å². The molecule has 64 heavy (non-hydrogen) atoms. The lowest BCUT2D eigenvalue weighted by molar-refractivity contribution is -0.571. The van der Waals surface area contributed by atoms with Gasteiger partial charge in [0.1, 0.15) is 17.3 Å². The topological polar surface area (TPSA) is 35.9 Å². The highest BCUT2D eigenvalue weighted by atomic mass is 28.3. The Balaban J connectivity index is 1.03. The molecule has 3 heterocycles. The first-order chi connectivity index (χ1) is 31.4. The van der Waals surface area contributed by atoms with E-state index in [1.54, 1.807) is 0 Å². The van der Waals surface area contributed by atoms with E-state index in [-0.39, 0.29) is 5.41 Å². The zero-order valence-corrected chi connectivity index (χ0v) is 37.1. The number of hydrogen-bond donors (Lipinski definition) is 0. The van der Waals surface area contributed by atoms with Gasteiger partial charge in [-0.25, -0.2) is 4.98 Å². The molecule has 0 atom stereocenters. The standard InChI is InChI=1S/C58H46N4OSi/c1-58(2,3)42-36-37-59-57(38-42)62-51-29-14-13-28-49(51)50-35-34-45(40-55(50)62)63-44-21-19-20-43(39-44)60-41-61(53-31-16-15-30-52(53)60)54-32-17-18-33-56(54)64(46-22-7-4-8-23-46,47-24-9-5-10-25-47)48-26-11-6-12-27-48/h4-40H,1-3H3. The van der Waals surface area contributed by atoms with E-state index < -0.39 is 8.07 Å². The van der Waals surface area contributed by atoms with Gasteiger partial charge in [-0.15, -0.1) is 0 Å². The maximum absolute atomic E-state index is 6.77. The molecule has 0 bridgehead atoms. The SMILES string of the molecule is CC(C)(C)c1ccnc(-n2c3ccccc3c3ccc(Oc4cccc(-n5[c-][n+](-c6ccccc6[Si](c6ccccc6)(c6ccccc6)c6ccccc6)c6ccccc65)c4)cc32)c1. The summed E-state index contributed by atoms with van der Waals surface area (Å²) in [5.41, 5.74) is 7.50. The van der Waals surface area contributed by atoms with Crippen molar-refractivity contribution in [1.82, 2.24) is 14.1 Å². The lowest BCUT2D eigenvalue weighted by atomic mass is 9.88. The van der Waals surface area contributed by atoms with E-state index in [9.17, 15) is 0 Å². The smallest absolute Gasteiger partial charge is 0.269 e. The molecule has 308 valence electrons. The van der Waals surface area contributed by atoms with E-state index >= 15 is 0 Å². The average molecular weight is 843 g/mol. The van der Waals surface area contributed by atoms with E-state index in [1.165, 1.54) is 31.7 Å². The van der Waals surface area contributed by atoms with Crippen LogP contribution in [0.3, 0.4) is 0 Å². The molecule has 3 aromatic heterocycles. The number of imidazole rings is 1. The van der Waals surface area contributed by atoms with Crippen LogP contribution < -0.4 is 30.1 Å². The zero-order valence-electron chi connectivity index (χ0n) is 36.1. The van der Waals surface area contributed by atoms with Crippen LogP contribution in [0.4, 0.5) is 0 Å². The number of fused-ring (bicyclic) bond motifs is 4. The van der Waals surface area contributed by atoms with Crippen LogP contribution in [-0.4, -0.2) is 22.2 Å². The largest absolute Gasteiger partial charge is 0.458 e. The minimum Gasteiger partial charge on any atom is -0.458 e. The van der Waals surface area contributed by atoms with Crippen molar-refractivity contribution in [2.24, 2.45) is 0 Å². The monoisotopic (exact) mass is 842 g/mol. The van der Waals surface area contributed by atoms with Crippen LogP contribution in [-0.2, 0) is 5.41 Å². The van der Waals surface area contributed by atoms with Gasteiger partial charge in [0.15, 0.2) is 8.07 Å². The minimum absolute atomic E-state index is 0.0142. The molecule has 0 amide bonds. The molecule has 0 saturated heterocycles. The number of ether oxygens (including phenoxy) is 1. The highest BCUT2D eigenvalue weighted by Gasteiger charge is 2.43. The molecule has 0 aliphatic carbocycles. The van der Waals surface area contributed by atoms with Crippen LogP contribution in [0, 0.1) is 6.33 Å². The van der Waals surface area contributed by atoms with E-state index in [0.29, 0.717) is 0 Å². The predicted octanol–water partition coefficient (Wildman–Crippen LogP) is 10.7. The van der Waals surface area contributed by atoms with Gasteiger partial charge in [-0.3, -0.25) is 13.7 Å². The molecule has 6 heteroatoms. The number of nitrogens with zero attached hydrogens (tertiary/aromatic N) is 4. The molecule has 0 fully saturated rings. The normalized spacial score (nSPS) is 12.0. The van der Waals surface area contributed by atoms with Crippen molar-refractivity contribution in [2.45, 2.75) is 26.2 Å². The molecule has 0 unspecified atom stereocenters. The molecule has 0 spiro atoms. The maximum Gasteiger partial charge on any atom is 0.269 e. The van der Waals surface area contributed by atoms with Gasteiger partial charge in [0.05, 0.1) is 33.4 Å². The van der Waals surface area contributed by atoms with Crippen LogP contribution in [0.15, 0.2) is 225 Å². The fourth-order valence-corrected chi connectivity index (χ4v) is 14.5. The molecular weight excluding hydrogens is 797 g/mol. The summed E-state index contributed by atoms with van der Waals surface area (Å²) in [6, 6.07) is 78.3. The molecule has 0 N–H and O–H groups in total. The van der Waals surface area contributed by atoms with Crippen molar-refractivity contribution < 1.29 is 9.30 Å². The van der Waals surface area contributed by atoms with E-state index in [0.717, 1.165) is 56.1 Å². The zero-order chi connectivity index (χ0) is 43.3. The van der Waals surface area contributed by atoms with E-state index in [4.69, 9.17) is 9.72 Å². The van der Waals surface area contributed by atoms with Crippen molar-refractivity contribution in [3.8, 4) is 28.7 Å². The van der Waals surface area contributed by atoms with Gasteiger partial charge >= 0.3 is 0 Å². The molecule has 11 aromatic rings. The number of benzene rings is 8. The molecule has 5 nitrogen and oxygen atoms in total. The van der Waals surface area contributed by atoms with Gasteiger partial charge in [0.25, 0.3) is 6.33 Å². The lowest BCUT2D eigenvalue weighted by Crippen LogP contribution is -2.76. The van der Waals surface area contributed by atoms with Gasteiger partial charge in [0, 0.05) is 23.0 Å². The summed E-state index contributed by atoms with van der Waals surface area (Å²) in [6.45, 7) is 6.71. The fraction of sp³-hybridized carbons (Fsp3) is 0.0690. The number of rotatable bonds is 9. The Hall–Kier alpha value is -7.80. The predicted molar refractivity (Wildman–Crippen MR) is 265 cm³/mol. The van der Waals surface area contributed by atoms with Crippen molar-refractivity contribution in [3.05, 3.63) is 236 Å². The summed E-state index contributed by atoms with van der Waals surface area (Å²) in [7, 11) is -2.88.